The Labute approximate surface area is 149 Å². The van der Waals surface area contributed by atoms with Crippen LogP contribution in [0.1, 0.15) is 55.6 Å². The number of carbonyl (C=O) groups is 2. The molecule has 0 fully saturated rings. The van der Waals surface area contributed by atoms with Gasteiger partial charge in [-0.05, 0) is 25.3 Å². The van der Waals surface area contributed by atoms with Crippen molar-refractivity contribution in [2.24, 2.45) is 0 Å². The van der Waals surface area contributed by atoms with Gasteiger partial charge in [0.25, 0.3) is 11.5 Å². The van der Waals surface area contributed by atoms with Crippen LogP contribution in [-0.2, 0) is 11.3 Å². The Balaban J connectivity index is 2.57. The fraction of sp³-hybridized carbons (Fsp3) is 0.471. The maximum Gasteiger partial charge on any atom is 0.329 e. The van der Waals surface area contributed by atoms with Gasteiger partial charge in [-0.15, -0.1) is 0 Å². The molecule has 0 radical (unpaired) electrons. The fourth-order valence-corrected chi connectivity index (χ4v) is 2.60. The summed E-state index contributed by atoms with van der Waals surface area (Å²) in [5, 5.41) is 11.3. The van der Waals surface area contributed by atoms with E-state index in [1.54, 1.807) is 13.0 Å². The van der Waals surface area contributed by atoms with Gasteiger partial charge in [0, 0.05) is 25.2 Å². The third kappa shape index (κ3) is 3.98. The second kappa shape index (κ2) is 7.94. The molecule has 0 bridgehead atoms. The first-order valence-electron chi connectivity index (χ1n) is 8.44. The summed E-state index contributed by atoms with van der Waals surface area (Å²) in [6.45, 7) is 5.99. The molecule has 0 spiro atoms. The zero-order valence-corrected chi connectivity index (χ0v) is 15.0. The van der Waals surface area contributed by atoms with E-state index < -0.39 is 23.1 Å². The summed E-state index contributed by atoms with van der Waals surface area (Å²) in [6, 6.07) is 1.54. The lowest BCUT2D eigenvalue weighted by molar-refractivity contribution is -0.137. The van der Waals surface area contributed by atoms with Gasteiger partial charge in [-0.3, -0.25) is 23.9 Å². The highest BCUT2D eigenvalue weighted by molar-refractivity contribution is 6.05. The van der Waals surface area contributed by atoms with E-state index in [1.807, 2.05) is 13.8 Å². The zero-order chi connectivity index (χ0) is 19.4. The van der Waals surface area contributed by atoms with E-state index in [0.29, 0.717) is 12.2 Å². The van der Waals surface area contributed by atoms with Gasteiger partial charge in [-0.25, -0.2) is 9.78 Å². The molecule has 26 heavy (non-hydrogen) atoms. The molecule has 2 aromatic rings. The molecule has 2 rings (SSSR count). The van der Waals surface area contributed by atoms with Crippen LogP contribution in [-0.4, -0.2) is 38.1 Å². The van der Waals surface area contributed by atoms with Crippen molar-refractivity contribution < 1.29 is 14.7 Å². The standard InChI is InChI=1S/C17H22N4O5/c1-4-21-14-13(16(25)20-17(21)26)10(8-11(19-14)9(2)3)15(24)18-7-5-6-12(22)23/h8-9H,4-7H2,1-3H3,(H,18,24)(H,22,23)(H,20,25,26). The Kier molecular flexibility index (Phi) is 5.91. The van der Waals surface area contributed by atoms with Gasteiger partial charge in [0.1, 0.15) is 0 Å². The minimum atomic E-state index is -0.945. The fourth-order valence-electron chi connectivity index (χ4n) is 2.60. The molecule has 0 aliphatic carbocycles. The maximum absolute atomic E-state index is 12.6. The molecule has 0 aromatic carbocycles. The van der Waals surface area contributed by atoms with Crippen LogP contribution >= 0.6 is 0 Å². The monoisotopic (exact) mass is 362 g/mol. The summed E-state index contributed by atoms with van der Waals surface area (Å²) in [4.78, 5) is 54.1. The van der Waals surface area contributed by atoms with E-state index in [9.17, 15) is 19.2 Å². The number of amides is 1. The minimum absolute atomic E-state index is 0.0161. The van der Waals surface area contributed by atoms with Crippen LogP contribution in [0.25, 0.3) is 11.0 Å². The maximum atomic E-state index is 12.6. The Hall–Kier alpha value is -2.97. The molecule has 0 aliphatic rings. The summed E-state index contributed by atoms with van der Waals surface area (Å²) in [7, 11) is 0. The summed E-state index contributed by atoms with van der Waals surface area (Å²) >= 11 is 0. The van der Waals surface area contributed by atoms with Crippen molar-refractivity contribution in [2.75, 3.05) is 6.54 Å². The Morgan fingerprint density at radius 3 is 2.62 bits per heavy atom. The lowest BCUT2D eigenvalue weighted by Crippen LogP contribution is -2.33. The first-order valence-corrected chi connectivity index (χ1v) is 8.44. The smallest absolute Gasteiger partial charge is 0.329 e. The Morgan fingerprint density at radius 1 is 1.35 bits per heavy atom. The molecular formula is C17H22N4O5. The van der Waals surface area contributed by atoms with Gasteiger partial charge in [-0.2, -0.15) is 0 Å². The molecule has 140 valence electrons. The number of hydrogen-bond acceptors (Lipinski definition) is 5. The topological polar surface area (TPSA) is 134 Å². The third-order valence-electron chi connectivity index (χ3n) is 3.97. The number of H-pyrrole nitrogens is 1. The van der Waals surface area contributed by atoms with Crippen LogP contribution in [0.2, 0.25) is 0 Å². The number of aromatic amines is 1. The molecular weight excluding hydrogens is 340 g/mol. The van der Waals surface area contributed by atoms with Crippen molar-refractivity contribution in [3.05, 3.63) is 38.2 Å². The average Bonchev–Trinajstić information content (AvgIpc) is 2.57. The van der Waals surface area contributed by atoms with Crippen molar-refractivity contribution in [2.45, 2.75) is 46.1 Å². The molecule has 0 atom stereocenters. The number of carboxylic acid groups (broad SMARTS) is 1. The molecule has 9 nitrogen and oxygen atoms in total. The van der Waals surface area contributed by atoms with Crippen molar-refractivity contribution in [1.29, 1.82) is 0 Å². The summed E-state index contributed by atoms with van der Waals surface area (Å²) in [5.41, 5.74) is -0.375. The second-order valence-electron chi connectivity index (χ2n) is 6.20. The largest absolute Gasteiger partial charge is 0.481 e. The predicted molar refractivity (Wildman–Crippen MR) is 95.6 cm³/mol. The van der Waals surface area contributed by atoms with Crippen LogP contribution in [0.4, 0.5) is 0 Å². The number of aromatic nitrogens is 3. The summed E-state index contributed by atoms with van der Waals surface area (Å²) in [6.07, 6.45) is 0.210. The second-order valence-corrected chi connectivity index (χ2v) is 6.20. The minimum Gasteiger partial charge on any atom is -0.481 e. The molecule has 0 unspecified atom stereocenters. The summed E-state index contributed by atoms with van der Waals surface area (Å²) in [5.74, 6) is -1.46. The Bertz CT molecular complexity index is 958. The van der Waals surface area contributed by atoms with Crippen LogP contribution in [0.5, 0.6) is 0 Å². The van der Waals surface area contributed by atoms with Gasteiger partial charge < -0.3 is 10.4 Å². The average molecular weight is 362 g/mol. The molecule has 0 saturated heterocycles. The van der Waals surface area contributed by atoms with E-state index in [1.165, 1.54) is 4.57 Å². The number of nitrogens with one attached hydrogen (secondary N) is 2. The number of aliphatic carboxylic acids is 1. The lowest BCUT2D eigenvalue weighted by Gasteiger charge is -2.14. The van der Waals surface area contributed by atoms with Gasteiger partial charge in [0.15, 0.2) is 5.65 Å². The quantitative estimate of drug-likeness (QED) is 0.624. The number of aryl methyl sites for hydroxylation is 1. The number of pyridine rings is 1. The number of nitrogens with zero attached hydrogens (tertiary/aromatic N) is 2. The highest BCUT2D eigenvalue weighted by atomic mass is 16.4. The number of carbonyl (C=O) groups excluding carboxylic acids is 1. The van der Waals surface area contributed by atoms with Gasteiger partial charge in [-0.1, -0.05) is 13.8 Å². The van der Waals surface area contributed by atoms with Crippen LogP contribution < -0.4 is 16.6 Å². The van der Waals surface area contributed by atoms with Crippen LogP contribution in [0, 0.1) is 0 Å². The van der Waals surface area contributed by atoms with Gasteiger partial charge in [0.2, 0.25) is 0 Å². The number of rotatable bonds is 7. The van der Waals surface area contributed by atoms with E-state index in [2.05, 4.69) is 15.3 Å². The van der Waals surface area contributed by atoms with Crippen molar-refractivity contribution in [3.8, 4) is 0 Å². The third-order valence-corrected chi connectivity index (χ3v) is 3.97. The van der Waals surface area contributed by atoms with E-state index in [4.69, 9.17) is 5.11 Å². The lowest BCUT2D eigenvalue weighted by atomic mass is 10.0. The molecule has 1 amide bonds. The predicted octanol–water partition coefficient (Wildman–Crippen LogP) is 0.823. The Morgan fingerprint density at radius 2 is 2.04 bits per heavy atom. The molecule has 0 aliphatic heterocycles. The molecule has 2 aromatic heterocycles. The first kappa shape index (κ1) is 19.4. The highest BCUT2D eigenvalue weighted by Crippen LogP contribution is 2.19. The summed E-state index contributed by atoms with van der Waals surface area (Å²) < 4.78 is 1.31. The zero-order valence-electron chi connectivity index (χ0n) is 15.0. The normalized spacial score (nSPS) is 11.1. The first-order chi connectivity index (χ1) is 12.3. The SMILES string of the molecule is CCn1c(=O)[nH]c(=O)c2c(C(=O)NCCCC(=O)O)cc(C(C)C)nc21. The van der Waals surface area contributed by atoms with Crippen molar-refractivity contribution in [1.82, 2.24) is 19.9 Å². The van der Waals surface area contributed by atoms with Crippen LogP contribution in [0.15, 0.2) is 15.7 Å². The molecule has 0 saturated carbocycles. The van der Waals surface area contributed by atoms with E-state index in [0.717, 1.165) is 0 Å². The van der Waals surface area contributed by atoms with E-state index in [-0.39, 0.29) is 41.9 Å². The molecule has 2 heterocycles. The van der Waals surface area contributed by atoms with Crippen molar-refractivity contribution in [3.63, 3.8) is 0 Å². The highest BCUT2D eigenvalue weighted by Gasteiger charge is 2.19. The van der Waals surface area contributed by atoms with Crippen LogP contribution in [0.3, 0.4) is 0 Å². The number of fused-ring (bicyclic) bond motifs is 1. The van der Waals surface area contributed by atoms with Gasteiger partial charge >= 0.3 is 11.7 Å². The molecule has 9 heteroatoms. The molecule has 3 N–H and O–H groups in total. The number of hydrogen-bond donors (Lipinski definition) is 3. The number of carboxylic acids is 1. The van der Waals surface area contributed by atoms with E-state index >= 15 is 0 Å². The van der Waals surface area contributed by atoms with Gasteiger partial charge in [0.05, 0.1) is 10.9 Å². The van der Waals surface area contributed by atoms with Crippen molar-refractivity contribution >= 4 is 22.9 Å².